The van der Waals surface area contributed by atoms with E-state index >= 15 is 0 Å². The highest BCUT2D eigenvalue weighted by Gasteiger charge is 2.25. The first-order valence-corrected chi connectivity index (χ1v) is 10.2. The maximum atomic E-state index is 5.50. The monoisotopic (exact) mass is 381 g/mol. The van der Waals surface area contributed by atoms with Crippen molar-refractivity contribution in [3.8, 4) is 11.5 Å². The van der Waals surface area contributed by atoms with Gasteiger partial charge in [-0.2, -0.15) is 4.98 Å². The van der Waals surface area contributed by atoms with Gasteiger partial charge in [-0.25, -0.2) is 4.98 Å². The molecule has 0 unspecified atom stereocenters. The van der Waals surface area contributed by atoms with E-state index in [2.05, 4.69) is 39.3 Å². The molecule has 28 heavy (non-hydrogen) atoms. The lowest BCUT2D eigenvalue weighted by Crippen LogP contribution is -2.43. The number of nitrogens with zero attached hydrogens (tertiary/aromatic N) is 4. The Kier molecular flexibility index (Phi) is 4.68. The average molecular weight is 381 g/mol. The van der Waals surface area contributed by atoms with Crippen molar-refractivity contribution in [3.63, 3.8) is 0 Å². The Morgan fingerprint density at radius 3 is 2.75 bits per heavy atom. The second-order valence-corrected chi connectivity index (χ2v) is 7.97. The molecular weight excluding hydrogens is 354 g/mol. The smallest absolute Gasteiger partial charge is 0.231 e. The number of benzene rings is 1. The van der Waals surface area contributed by atoms with Crippen LogP contribution < -0.4 is 19.7 Å². The number of piperidine rings is 1. The zero-order chi connectivity index (χ0) is 18.9. The van der Waals surface area contributed by atoms with E-state index in [1.807, 2.05) is 18.3 Å². The summed E-state index contributed by atoms with van der Waals surface area (Å²) >= 11 is 0. The van der Waals surface area contributed by atoms with Crippen molar-refractivity contribution in [1.29, 1.82) is 0 Å². The molecule has 2 fully saturated rings. The average Bonchev–Trinajstić information content (AvgIpc) is 3.41. The Bertz CT molecular complexity index is 833. The minimum absolute atomic E-state index is 0.329. The van der Waals surface area contributed by atoms with Crippen LogP contribution in [0.4, 0.5) is 11.8 Å². The van der Waals surface area contributed by atoms with Gasteiger partial charge in [-0.05, 0) is 49.4 Å². The molecule has 5 rings (SSSR count). The van der Waals surface area contributed by atoms with Crippen LogP contribution in [0.5, 0.6) is 11.5 Å². The molecule has 0 radical (unpaired) electrons. The maximum absolute atomic E-state index is 5.50. The van der Waals surface area contributed by atoms with Crippen LogP contribution >= 0.6 is 0 Å². The molecule has 1 N–H and O–H groups in total. The SMILES string of the molecule is CN(c1nccc(NC2CC2)n1)C1CCN(Cc2ccc3c(c2)OCO3)CC1. The summed E-state index contributed by atoms with van der Waals surface area (Å²) in [6, 6.07) is 9.30. The highest BCUT2D eigenvalue weighted by Crippen LogP contribution is 2.33. The van der Waals surface area contributed by atoms with Crippen LogP contribution in [-0.4, -0.2) is 53.9 Å². The van der Waals surface area contributed by atoms with E-state index in [1.165, 1.54) is 18.4 Å². The van der Waals surface area contributed by atoms with Crippen LogP contribution in [0.2, 0.25) is 0 Å². The van der Waals surface area contributed by atoms with Crippen molar-refractivity contribution in [1.82, 2.24) is 14.9 Å². The van der Waals surface area contributed by atoms with Gasteiger partial charge in [0, 0.05) is 45.0 Å². The molecule has 1 aliphatic carbocycles. The molecule has 0 bridgehead atoms. The molecule has 2 aromatic rings. The Labute approximate surface area is 165 Å². The molecule has 2 aliphatic heterocycles. The van der Waals surface area contributed by atoms with Gasteiger partial charge in [-0.15, -0.1) is 0 Å². The summed E-state index contributed by atoms with van der Waals surface area (Å²) in [7, 11) is 2.12. The first kappa shape index (κ1) is 17.6. The third-order valence-electron chi connectivity index (χ3n) is 5.84. The molecule has 148 valence electrons. The standard InChI is InChI=1S/C21H27N5O2/c1-25(21-22-9-6-20(24-21)23-16-3-4-16)17-7-10-26(11-8-17)13-15-2-5-18-19(12-15)28-14-27-18/h2,5-6,9,12,16-17H,3-4,7-8,10-11,13-14H2,1H3,(H,22,23,24). The van der Waals surface area contributed by atoms with Gasteiger partial charge in [0.15, 0.2) is 11.5 Å². The summed E-state index contributed by atoms with van der Waals surface area (Å²) in [5.74, 6) is 3.48. The van der Waals surface area contributed by atoms with Crippen LogP contribution in [0, 0.1) is 0 Å². The van der Waals surface area contributed by atoms with E-state index in [-0.39, 0.29) is 0 Å². The third kappa shape index (κ3) is 3.85. The second kappa shape index (κ2) is 7.47. The van der Waals surface area contributed by atoms with E-state index in [0.717, 1.165) is 55.7 Å². The van der Waals surface area contributed by atoms with Gasteiger partial charge in [0.05, 0.1) is 0 Å². The van der Waals surface area contributed by atoms with Crippen molar-refractivity contribution in [2.45, 2.75) is 44.3 Å². The Morgan fingerprint density at radius 1 is 1.11 bits per heavy atom. The van der Waals surface area contributed by atoms with Crippen molar-refractivity contribution in [2.24, 2.45) is 0 Å². The van der Waals surface area contributed by atoms with Crippen LogP contribution in [0.15, 0.2) is 30.5 Å². The van der Waals surface area contributed by atoms with E-state index in [9.17, 15) is 0 Å². The number of hydrogen-bond donors (Lipinski definition) is 1. The van der Waals surface area contributed by atoms with Crippen LogP contribution in [-0.2, 0) is 6.54 Å². The largest absolute Gasteiger partial charge is 0.454 e. The molecule has 3 heterocycles. The van der Waals surface area contributed by atoms with Gasteiger partial charge < -0.3 is 19.7 Å². The van der Waals surface area contributed by atoms with Gasteiger partial charge in [-0.3, -0.25) is 4.90 Å². The minimum Gasteiger partial charge on any atom is -0.454 e. The molecule has 3 aliphatic rings. The van der Waals surface area contributed by atoms with Gasteiger partial charge in [0.1, 0.15) is 5.82 Å². The highest BCUT2D eigenvalue weighted by molar-refractivity contribution is 5.45. The lowest BCUT2D eigenvalue weighted by Gasteiger charge is -2.36. The van der Waals surface area contributed by atoms with E-state index in [4.69, 9.17) is 14.5 Å². The van der Waals surface area contributed by atoms with Crippen molar-refractivity contribution in [2.75, 3.05) is 37.1 Å². The van der Waals surface area contributed by atoms with Crippen molar-refractivity contribution < 1.29 is 9.47 Å². The second-order valence-electron chi connectivity index (χ2n) is 7.97. The highest BCUT2D eigenvalue weighted by atomic mass is 16.7. The molecule has 1 saturated carbocycles. The first-order valence-electron chi connectivity index (χ1n) is 10.2. The number of hydrogen-bond acceptors (Lipinski definition) is 7. The molecule has 7 nitrogen and oxygen atoms in total. The predicted octanol–water partition coefficient (Wildman–Crippen LogP) is 2.88. The van der Waals surface area contributed by atoms with Gasteiger partial charge in [0.2, 0.25) is 12.7 Å². The number of nitrogens with one attached hydrogen (secondary N) is 1. The van der Waals surface area contributed by atoms with E-state index < -0.39 is 0 Å². The molecule has 0 spiro atoms. The first-order chi connectivity index (χ1) is 13.7. The lowest BCUT2D eigenvalue weighted by molar-refractivity contribution is 0.173. The summed E-state index contributed by atoms with van der Waals surface area (Å²) in [6.45, 7) is 3.42. The summed E-state index contributed by atoms with van der Waals surface area (Å²) in [5.41, 5.74) is 1.28. The zero-order valence-corrected chi connectivity index (χ0v) is 16.3. The summed E-state index contributed by atoms with van der Waals surface area (Å²) in [4.78, 5) is 14.0. The number of likely N-dealkylation sites (tertiary alicyclic amines) is 1. The van der Waals surface area contributed by atoms with Gasteiger partial charge in [0.25, 0.3) is 0 Å². The van der Waals surface area contributed by atoms with Gasteiger partial charge >= 0.3 is 0 Å². The number of fused-ring (bicyclic) bond motifs is 1. The Hall–Kier alpha value is -2.54. The number of ether oxygens (including phenoxy) is 2. The topological polar surface area (TPSA) is 62.8 Å². The lowest BCUT2D eigenvalue weighted by atomic mass is 10.0. The fourth-order valence-electron chi connectivity index (χ4n) is 3.96. The summed E-state index contributed by atoms with van der Waals surface area (Å²) < 4.78 is 10.9. The third-order valence-corrected chi connectivity index (χ3v) is 5.84. The van der Waals surface area contributed by atoms with Crippen molar-refractivity contribution in [3.05, 3.63) is 36.0 Å². The molecular formula is C21H27N5O2. The molecule has 0 amide bonds. The maximum Gasteiger partial charge on any atom is 0.231 e. The molecule has 1 aromatic heterocycles. The molecule has 0 atom stereocenters. The van der Waals surface area contributed by atoms with E-state index in [1.54, 1.807) is 0 Å². The number of rotatable bonds is 6. The Balaban J connectivity index is 1.16. The van der Waals surface area contributed by atoms with Crippen LogP contribution in [0.25, 0.3) is 0 Å². The molecule has 1 aromatic carbocycles. The normalized spacial score (nSPS) is 19.6. The van der Waals surface area contributed by atoms with Gasteiger partial charge in [-0.1, -0.05) is 6.07 Å². The molecule has 7 heteroatoms. The zero-order valence-electron chi connectivity index (χ0n) is 16.3. The van der Waals surface area contributed by atoms with E-state index in [0.29, 0.717) is 18.9 Å². The minimum atomic E-state index is 0.329. The quantitative estimate of drug-likeness (QED) is 0.825. The fourth-order valence-corrected chi connectivity index (χ4v) is 3.96. The predicted molar refractivity (Wildman–Crippen MR) is 108 cm³/mol. The number of anilines is 2. The van der Waals surface area contributed by atoms with Crippen LogP contribution in [0.1, 0.15) is 31.2 Å². The van der Waals surface area contributed by atoms with Crippen molar-refractivity contribution >= 4 is 11.8 Å². The summed E-state index contributed by atoms with van der Waals surface area (Å²) in [6.07, 6.45) is 6.59. The van der Waals surface area contributed by atoms with Crippen LogP contribution in [0.3, 0.4) is 0 Å². The Morgan fingerprint density at radius 2 is 1.93 bits per heavy atom. The molecule has 1 saturated heterocycles. The number of aromatic nitrogens is 2. The summed E-state index contributed by atoms with van der Waals surface area (Å²) in [5, 5.41) is 3.46. The fraction of sp³-hybridized carbons (Fsp3) is 0.524.